The number of hydrogen-bond donors (Lipinski definition) is 0. The van der Waals surface area contributed by atoms with Crippen molar-refractivity contribution in [3.8, 4) is 56.4 Å². The highest BCUT2D eigenvalue weighted by Crippen LogP contribution is 2.38. The molecule has 0 radical (unpaired) electrons. The van der Waals surface area contributed by atoms with Crippen molar-refractivity contribution in [2.24, 2.45) is 0 Å². The first-order valence-electron chi connectivity index (χ1n) is 16.0. The fraction of sp³-hybridized carbons (Fsp3) is 0.0952. The lowest BCUT2D eigenvalue weighted by Crippen LogP contribution is -2.10. The first-order chi connectivity index (χ1) is 23.4. The molecule has 8 aromatic rings. The molecule has 0 saturated carbocycles. The minimum atomic E-state index is 0.0504. The molecule has 0 saturated heterocycles. The molecule has 0 bridgehead atoms. The molecule has 0 amide bonds. The Morgan fingerprint density at radius 1 is 0.417 bits per heavy atom. The Bertz CT molecular complexity index is 2360. The van der Waals surface area contributed by atoms with E-state index in [1.165, 1.54) is 5.56 Å². The highest BCUT2D eigenvalue weighted by Gasteiger charge is 2.18. The van der Waals surface area contributed by atoms with E-state index in [2.05, 4.69) is 85.3 Å². The van der Waals surface area contributed by atoms with Crippen molar-refractivity contribution < 1.29 is 0 Å². The van der Waals surface area contributed by atoms with Crippen LogP contribution in [0.15, 0.2) is 140 Å². The van der Waals surface area contributed by atoms with Crippen LogP contribution in [-0.2, 0) is 5.41 Å². The highest BCUT2D eigenvalue weighted by molar-refractivity contribution is 6.09. The summed E-state index contributed by atoms with van der Waals surface area (Å²) in [5.41, 5.74) is 10.7. The van der Waals surface area contributed by atoms with Gasteiger partial charge in [-0.3, -0.25) is 15.0 Å². The summed E-state index contributed by atoms with van der Waals surface area (Å²) in [6.45, 7) is 6.70. The molecule has 48 heavy (non-hydrogen) atoms. The lowest BCUT2D eigenvalue weighted by molar-refractivity contribution is 0.590. The van der Waals surface area contributed by atoms with Crippen LogP contribution in [0.25, 0.3) is 78.4 Å². The van der Waals surface area contributed by atoms with Crippen molar-refractivity contribution in [3.05, 3.63) is 145 Å². The van der Waals surface area contributed by atoms with Crippen LogP contribution in [0.5, 0.6) is 0 Å². The van der Waals surface area contributed by atoms with E-state index in [0.29, 0.717) is 17.5 Å². The molecule has 6 heteroatoms. The standard InChI is InChI=1S/C42H32N6/c1-42(2,3)33-18-16-27(17-19-33)30-23-31(35-26-36-38(45-22-21-43-36)34-15-10-20-44-37(34)35)25-32(24-30)41-47-39(28-11-6-4-7-12-28)46-40(48-41)29-13-8-5-9-14-29/h4-26H,1-3H3. The van der Waals surface area contributed by atoms with Gasteiger partial charge in [-0.2, -0.15) is 0 Å². The molecule has 0 aliphatic rings. The van der Waals surface area contributed by atoms with Gasteiger partial charge in [-0.05, 0) is 64.1 Å². The molecule has 3 heterocycles. The Morgan fingerprint density at radius 3 is 1.62 bits per heavy atom. The summed E-state index contributed by atoms with van der Waals surface area (Å²) in [7, 11) is 0. The monoisotopic (exact) mass is 620 g/mol. The van der Waals surface area contributed by atoms with Gasteiger partial charge in [0.05, 0.1) is 16.6 Å². The lowest BCUT2D eigenvalue weighted by atomic mass is 9.86. The van der Waals surface area contributed by atoms with Crippen LogP contribution >= 0.6 is 0 Å². The number of benzene rings is 5. The topological polar surface area (TPSA) is 77.3 Å². The molecule has 0 N–H and O–H groups in total. The van der Waals surface area contributed by atoms with E-state index in [4.69, 9.17) is 19.9 Å². The van der Waals surface area contributed by atoms with Crippen molar-refractivity contribution in [2.45, 2.75) is 26.2 Å². The van der Waals surface area contributed by atoms with Crippen molar-refractivity contribution in [2.75, 3.05) is 0 Å². The van der Waals surface area contributed by atoms with Gasteiger partial charge in [0.2, 0.25) is 0 Å². The number of nitrogens with zero attached hydrogens (tertiary/aromatic N) is 6. The maximum absolute atomic E-state index is 5.07. The molecular weight excluding hydrogens is 589 g/mol. The van der Waals surface area contributed by atoms with E-state index in [9.17, 15) is 0 Å². The summed E-state index contributed by atoms with van der Waals surface area (Å²) in [5, 5.41) is 0.956. The van der Waals surface area contributed by atoms with Gasteiger partial charge in [0, 0.05) is 46.2 Å². The minimum Gasteiger partial charge on any atom is -0.256 e. The number of pyridine rings is 1. The van der Waals surface area contributed by atoms with Crippen LogP contribution < -0.4 is 0 Å². The van der Waals surface area contributed by atoms with Crippen LogP contribution in [0.4, 0.5) is 0 Å². The number of aromatic nitrogens is 6. The van der Waals surface area contributed by atoms with E-state index in [1.807, 2.05) is 72.9 Å². The Hall–Kier alpha value is -6.14. The van der Waals surface area contributed by atoms with Gasteiger partial charge < -0.3 is 0 Å². The summed E-state index contributed by atoms with van der Waals surface area (Å²) in [6.07, 6.45) is 5.28. The van der Waals surface area contributed by atoms with E-state index >= 15 is 0 Å². The molecule has 5 aromatic carbocycles. The van der Waals surface area contributed by atoms with Crippen molar-refractivity contribution in [1.29, 1.82) is 0 Å². The normalized spacial score (nSPS) is 11.6. The van der Waals surface area contributed by atoms with E-state index < -0.39 is 0 Å². The molecule has 0 spiro atoms. The van der Waals surface area contributed by atoms with E-state index in [0.717, 1.165) is 60.9 Å². The maximum Gasteiger partial charge on any atom is 0.164 e. The van der Waals surface area contributed by atoms with Crippen molar-refractivity contribution in [3.63, 3.8) is 0 Å². The van der Waals surface area contributed by atoms with Gasteiger partial charge in [-0.15, -0.1) is 0 Å². The van der Waals surface area contributed by atoms with Crippen molar-refractivity contribution >= 4 is 21.9 Å². The third-order valence-corrected chi connectivity index (χ3v) is 8.61. The van der Waals surface area contributed by atoms with Crippen LogP contribution in [-0.4, -0.2) is 29.9 Å². The van der Waals surface area contributed by atoms with Gasteiger partial charge in [-0.1, -0.05) is 106 Å². The summed E-state index contributed by atoms with van der Waals surface area (Å²) < 4.78 is 0. The van der Waals surface area contributed by atoms with Gasteiger partial charge in [0.15, 0.2) is 17.5 Å². The molecule has 8 rings (SSSR count). The third-order valence-electron chi connectivity index (χ3n) is 8.61. The Kier molecular flexibility index (Phi) is 7.26. The zero-order chi connectivity index (χ0) is 32.7. The smallest absolute Gasteiger partial charge is 0.164 e. The Morgan fingerprint density at radius 2 is 0.979 bits per heavy atom. The Balaban J connectivity index is 1.39. The average Bonchev–Trinajstić information content (AvgIpc) is 3.14. The average molecular weight is 621 g/mol. The third kappa shape index (κ3) is 5.58. The second kappa shape index (κ2) is 11.9. The largest absolute Gasteiger partial charge is 0.256 e. The molecule has 0 fully saturated rings. The molecular formula is C42H32N6. The molecule has 230 valence electrons. The SMILES string of the molecule is CC(C)(C)c1ccc(-c2cc(-c3nc(-c4ccccc4)nc(-c4ccccc4)n3)cc(-c3cc4nccnc4c4cccnc34)c2)cc1. The first-order valence-corrected chi connectivity index (χ1v) is 16.0. The van der Waals surface area contributed by atoms with Gasteiger partial charge >= 0.3 is 0 Å². The lowest BCUT2D eigenvalue weighted by Gasteiger charge is -2.19. The maximum atomic E-state index is 5.07. The quantitative estimate of drug-likeness (QED) is 0.178. The van der Waals surface area contributed by atoms with E-state index in [1.54, 1.807) is 12.4 Å². The molecule has 3 aromatic heterocycles. The van der Waals surface area contributed by atoms with Gasteiger partial charge in [-0.25, -0.2) is 15.0 Å². The van der Waals surface area contributed by atoms with Crippen LogP contribution in [0.2, 0.25) is 0 Å². The molecule has 6 nitrogen and oxygen atoms in total. The predicted molar refractivity (Wildman–Crippen MR) is 194 cm³/mol. The van der Waals surface area contributed by atoms with Crippen LogP contribution in [0, 0.1) is 0 Å². The zero-order valence-electron chi connectivity index (χ0n) is 27.0. The zero-order valence-corrected chi connectivity index (χ0v) is 27.0. The summed E-state index contributed by atoms with van der Waals surface area (Å²) in [6, 6.07) is 41.6. The van der Waals surface area contributed by atoms with Gasteiger partial charge in [0.25, 0.3) is 0 Å². The van der Waals surface area contributed by atoms with Gasteiger partial charge in [0.1, 0.15) is 0 Å². The molecule has 0 atom stereocenters. The summed E-state index contributed by atoms with van der Waals surface area (Å²) in [5.74, 6) is 1.83. The molecule has 0 aliphatic heterocycles. The second-order valence-corrected chi connectivity index (χ2v) is 12.9. The number of fused-ring (bicyclic) bond motifs is 3. The summed E-state index contributed by atoms with van der Waals surface area (Å²) in [4.78, 5) is 29.2. The molecule has 0 aliphatic carbocycles. The predicted octanol–water partition coefficient (Wildman–Crippen LogP) is 10.00. The fourth-order valence-electron chi connectivity index (χ4n) is 6.08. The van der Waals surface area contributed by atoms with Crippen LogP contribution in [0.3, 0.4) is 0 Å². The fourth-order valence-corrected chi connectivity index (χ4v) is 6.08. The number of rotatable bonds is 5. The summed E-state index contributed by atoms with van der Waals surface area (Å²) >= 11 is 0. The van der Waals surface area contributed by atoms with Crippen LogP contribution in [0.1, 0.15) is 26.3 Å². The first kappa shape index (κ1) is 29.3. The second-order valence-electron chi connectivity index (χ2n) is 12.9. The van der Waals surface area contributed by atoms with E-state index in [-0.39, 0.29) is 5.41 Å². The highest BCUT2D eigenvalue weighted by atomic mass is 15.0. The Labute approximate surface area is 279 Å². The number of hydrogen-bond acceptors (Lipinski definition) is 6. The molecule has 0 unspecified atom stereocenters. The minimum absolute atomic E-state index is 0.0504. The van der Waals surface area contributed by atoms with Crippen molar-refractivity contribution in [1.82, 2.24) is 29.9 Å².